The molecule has 2 amide bonds. The van der Waals surface area contributed by atoms with E-state index in [0.717, 1.165) is 18.2 Å². The highest BCUT2D eigenvalue weighted by molar-refractivity contribution is 8.03. The topological polar surface area (TPSA) is 97.0 Å². The molecular weight excluding hydrogens is 384 g/mol. The van der Waals surface area contributed by atoms with Crippen LogP contribution in [-0.2, 0) is 9.59 Å². The summed E-state index contributed by atoms with van der Waals surface area (Å²) in [5.41, 5.74) is 1.86. The molecule has 2 heterocycles. The minimum absolute atomic E-state index is 0.0439. The number of carbonyl (C=O) groups excluding carboxylic acids is 2. The van der Waals surface area contributed by atoms with Crippen LogP contribution in [-0.4, -0.2) is 35.6 Å². The Kier molecular flexibility index (Phi) is 6.10. The highest BCUT2D eigenvalue weighted by Gasteiger charge is 2.44. The van der Waals surface area contributed by atoms with Crippen LogP contribution in [0.5, 0.6) is 0 Å². The minimum atomic E-state index is -0.930. The molecule has 6 nitrogen and oxygen atoms in total. The van der Waals surface area contributed by atoms with Gasteiger partial charge in [0.1, 0.15) is 5.92 Å². The normalized spacial score (nSPS) is 21.0. The lowest BCUT2D eigenvalue weighted by Gasteiger charge is -2.34. The molecule has 29 heavy (non-hydrogen) atoms. The van der Waals surface area contributed by atoms with E-state index < -0.39 is 17.2 Å². The Bertz CT molecular complexity index is 967. The number of rotatable bonds is 4. The minimum Gasteiger partial charge on any atom is -0.338 e. The van der Waals surface area contributed by atoms with Crippen molar-refractivity contribution in [3.8, 4) is 12.1 Å². The first-order chi connectivity index (χ1) is 13.9. The number of thioether (sulfide) groups is 1. The van der Waals surface area contributed by atoms with Crippen LogP contribution in [0.1, 0.15) is 25.8 Å². The van der Waals surface area contributed by atoms with Crippen molar-refractivity contribution in [2.45, 2.75) is 20.3 Å². The summed E-state index contributed by atoms with van der Waals surface area (Å²) >= 11 is 1.15. The summed E-state index contributed by atoms with van der Waals surface area (Å²) in [6.07, 6.45) is 2.87. The lowest BCUT2D eigenvalue weighted by molar-refractivity contribution is -0.128. The highest BCUT2D eigenvalue weighted by atomic mass is 32.2. The monoisotopic (exact) mass is 406 g/mol. The maximum atomic E-state index is 12.6. The number of benzene rings is 1. The molecule has 3 rings (SSSR count). The molecule has 7 heteroatoms. The third kappa shape index (κ3) is 4.21. The second kappa shape index (κ2) is 8.55. The van der Waals surface area contributed by atoms with Gasteiger partial charge in [0.15, 0.2) is 0 Å². The number of nitrogens with zero attached hydrogens (tertiary/aromatic N) is 3. The lowest BCUT2D eigenvalue weighted by atomic mass is 9.72. The third-order valence-corrected chi connectivity index (χ3v) is 6.37. The summed E-state index contributed by atoms with van der Waals surface area (Å²) < 4.78 is 0. The van der Waals surface area contributed by atoms with Gasteiger partial charge in [0.25, 0.3) is 0 Å². The number of hydrogen-bond acceptors (Lipinski definition) is 5. The first-order valence-corrected chi connectivity index (χ1v) is 10.4. The number of nitriles is 2. The standard InChI is InChI=1S/C22H22N4O2S/c1-22(2)17(12-23)20(28)25-21(18(22)13-24)29-14-19(27)26-10-8-16(9-11-26)15-6-4-3-5-7-15/h3-8,17H,9-11,14H2,1-2H3,(H,25,28)/t17-/m1/s1. The maximum Gasteiger partial charge on any atom is 0.243 e. The van der Waals surface area contributed by atoms with Crippen molar-refractivity contribution >= 4 is 29.1 Å². The molecule has 0 radical (unpaired) electrons. The van der Waals surface area contributed by atoms with Crippen LogP contribution in [0.3, 0.4) is 0 Å². The molecular formula is C22H22N4O2S. The van der Waals surface area contributed by atoms with Crippen molar-refractivity contribution in [3.05, 3.63) is 52.6 Å². The molecule has 1 N–H and O–H groups in total. The summed E-state index contributed by atoms with van der Waals surface area (Å²) in [5.74, 6) is -1.28. The molecule has 1 aromatic carbocycles. The molecule has 0 saturated heterocycles. The molecule has 148 valence electrons. The van der Waals surface area contributed by atoms with Crippen molar-refractivity contribution in [1.29, 1.82) is 10.5 Å². The van der Waals surface area contributed by atoms with E-state index in [9.17, 15) is 20.1 Å². The van der Waals surface area contributed by atoms with Crippen molar-refractivity contribution in [1.82, 2.24) is 10.2 Å². The summed E-state index contributed by atoms with van der Waals surface area (Å²) in [4.78, 5) is 26.7. The third-order valence-electron chi connectivity index (χ3n) is 5.38. The van der Waals surface area contributed by atoms with Crippen LogP contribution in [0.2, 0.25) is 0 Å². The Labute approximate surface area is 174 Å². The van der Waals surface area contributed by atoms with Gasteiger partial charge in [0.05, 0.1) is 28.5 Å². The average Bonchev–Trinajstić information content (AvgIpc) is 2.72. The zero-order valence-electron chi connectivity index (χ0n) is 16.4. The van der Waals surface area contributed by atoms with Gasteiger partial charge in [0, 0.05) is 18.5 Å². The molecule has 0 aromatic heterocycles. The van der Waals surface area contributed by atoms with E-state index in [1.165, 1.54) is 11.1 Å². The van der Waals surface area contributed by atoms with Crippen LogP contribution >= 0.6 is 11.8 Å². The molecule has 0 spiro atoms. The van der Waals surface area contributed by atoms with E-state index >= 15 is 0 Å². The molecule has 0 saturated carbocycles. The van der Waals surface area contributed by atoms with Gasteiger partial charge in [-0.05, 0) is 17.6 Å². The Hall–Kier alpha value is -3.03. The molecule has 1 aromatic rings. The maximum absolute atomic E-state index is 12.6. The SMILES string of the molecule is CC1(C)C(C#N)=C(SCC(=O)N2CC=C(c3ccccc3)CC2)NC(=O)[C@H]1C#N. The summed E-state index contributed by atoms with van der Waals surface area (Å²) in [7, 11) is 0. The quantitative estimate of drug-likeness (QED) is 0.829. The molecule has 2 aliphatic heterocycles. The predicted molar refractivity (Wildman–Crippen MR) is 112 cm³/mol. The fraction of sp³-hybridized carbons (Fsp3) is 0.364. The number of carbonyl (C=O) groups is 2. The first kappa shape index (κ1) is 20.7. The predicted octanol–water partition coefficient (Wildman–Crippen LogP) is 3.07. The van der Waals surface area contributed by atoms with Crippen LogP contribution in [0.25, 0.3) is 5.57 Å². The van der Waals surface area contributed by atoms with Gasteiger partial charge < -0.3 is 10.2 Å². The zero-order valence-corrected chi connectivity index (χ0v) is 17.3. The molecule has 0 bridgehead atoms. The van der Waals surface area contributed by atoms with Crippen molar-refractivity contribution in [2.75, 3.05) is 18.8 Å². The summed E-state index contributed by atoms with van der Waals surface area (Å²) in [5, 5.41) is 21.8. The van der Waals surface area contributed by atoms with Gasteiger partial charge in [-0.2, -0.15) is 10.5 Å². The summed E-state index contributed by atoms with van der Waals surface area (Å²) in [6.45, 7) is 4.60. The summed E-state index contributed by atoms with van der Waals surface area (Å²) in [6, 6.07) is 14.2. The van der Waals surface area contributed by atoms with Crippen LogP contribution in [0.15, 0.2) is 47.0 Å². The van der Waals surface area contributed by atoms with Gasteiger partial charge >= 0.3 is 0 Å². The number of hydrogen-bond donors (Lipinski definition) is 1. The van der Waals surface area contributed by atoms with E-state index in [1.807, 2.05) is 24.3 Å². The molecule has 0 aliphatic carbocycles. The van der Waals surface area contributed by atoms with Gasteiger partial charge in [-0.15, -0.1) is 0 Å². The van der Waals surface area contributed by atoms with E-state index in [2.05, 4.69) is 29.6 Å². The Morgan fingerprint density at radius 1 is 1.31 bits per heavy atom. The molecule has 2 aliphatic rings. The second-order valence-electron chi connectivity index (χ2n) is 7.56. The van der Waals surface area contributed by atoms with Gasteiger partial charge in [0.2, 0.25) is 11.8 Å². The van der Waals surface area contributed by atoms with Crippen LogP contribution in [0, 0.1) is 34.0 Å². The highest BCUT2D eigenvalue weighted by Crippen LogP contribution is 2.41. The van der Waals surface area contributed by atoms with Crippen molar-refractivity contribution < 1.29 is 9.59 Å². The van der Waals surface area contributed by atoms with E-state index in [1.54, 1.807) is 18.7 Å². The zero-order chi connectivity index (χ0) is 21.0. The lowest BCUT2D eigenvalue weighted by Crippen LogP contribution is -2.45. The van der Waals surface area contributed by atoms with Crippen LogP contribution in [0.4, 0.5) is 0 Å². The molecule has 0 fully saturated rings. The molecule has 0 unspecified atom stereocenters. The number of nitrogens with one attached hydrogen (secondary N) is 1. The van der Waals surface area contributed by atoms with Crippen LogP contribution < -0.4 is 5.32 Å². The van der Waals surface area contributed by atoms with E-state index in [0.29, 0.717) is 23.7 Å². The largest absolute Gasteiger partial charge is 0.338 e. The average molecular weight is 407 g/mol. The fourth-order valence-electron chi connectivity index (χ4n) is 3.57. The fourth-order valence-corrected chi connectivity index (χ4v) is 4.65. The Balaban J connectivity index is 1.66. The molecule has 1 atom stereocenters. The Morgan fingerprint density at radius 3 is 2.62 bits per heavy atom. The first-order valence-electron chi connectivity index (χ1n) is 9.39. The van der Waals surface area contributed by atoms with Crippen molar-refractivity contribution in [2.24, 2.45) is 11.3 Å². The van der Waals surface area contributed by atoms with E-state index in [4.69, 9.17) is 0 Å². The van der Waals surface area contributed by atoms with E-state index in [-0.39, 0.29) is 11.7 Å². The smallest absolute Gasteiger partial charge is 0.243 e. The van der Waals surface area contributed by atoms with Gasteiger partial charge in [-0.1, -0.05) is 62.0 Å². The number of allylic oxidation sites excluding steroid dienone is 1. The Morgan fingerprint density at radius 2 is 2.03 bits per heavy atom. The van der Waals surface area contributed by atoms with Gasteiger partial charge in [-0.25, -0.2) is 0 Å². The number of amides is 2. The van der Waals surface area contributed by atoms with Gasteiger partial charge in [-0.3, -0.25) is 9.59 Å². The second-order valence-corrected chi connectivity index (χ2v) is 8.55. The van der Waals surface area contributed by atoms with Crippen molar-refractivity contribution in [3.63, 3.8) is 0 Å².